The Kier molecular flexibility index (Phi) is 5.50. The number of halogens is 1. The highest BCUT2D eigenvalue weighted by molar-refractivity contribution is 14.1. The van der Waals surface area contributed by atoms with E-state index in [4.69, 9.17) is 4.74 Å². The van der Waals surface area contributed by atoms with E-state index in [1.54, 1.807) is 24.3 Å². The van der Waals surface area contributed by atoms with Crippen LogP contribution in [0.15, 0.2) is 42.5 Å². The van der Waals surface area contributed by atoms with Crippen molar-refractivity contribution in [3.63, 3.8) is 0 Å². The van der Waals surface area contributed by atoms with E-state index in [9.17, 15) is 19.7 Å². The first-order valence-electron chi connectivity index (χ1n) is 7.96. The fourth-order valence-electron chi connectivity index (χ4n) is 2.87. The van der Waals surface area contributed by atoms with E-state index >= 15 is 0 Å². The Labute approximate surface area is 163 Å². The van der Waals surface area contributed by atoms with Gasteiger partial charge in [0.05, 0.1) is 10.5 Å². The fourth-order valence-corrected chi connectivity index (χ4v) is 3.47. The van der Waals surface area contributed by atoms with Crippen LogP contribution < -0.4 is 4.90 Å². The first-order chi connectivity index (χ1) is 12.5. The lowest BCUT2D eigenvalue weighted by Gasteiger charge is -2.29. The van der Waals surface area contributed by atoms with Gasteiger partial charge in [-0.3, -0.25) is 14.9 Å². The summed E-state index contributed by atoms with van der Waals surface area (Å²) >= 11 is 2.03. The molecule has 0 spiro atoms. The number of anilines is 1. The number of hydrogen-bond acceptors (Lipinski definition) is 5. The SMILES string of the molecule is O=C(OCC(=O)N1CCCc2cc([N+](=O)[O-])ccc21)c1ccccc1I. The molecule has 2 aromatic carbocycles. The summed E-state index contributed by atoms with van der Waals surface area (Å²) < 4.78 is 5.91. The Balaban J connectivity index is 1.71. The minimum atomic E-state index is -0.552. The highest BCUT2D eigenvalue weighted by Gasteiger charge is 2.25. The molecule has 0 saturated heterocycles. The van der Waals surface area contributed by atoms with Gasteiger partial charge in [0, 0.05) is 27.9 Å². The monoisotopic (exact) mass is 466 g/mol. The lowest BCUT2D eigenvalue weighted by molar-refractivity contribution is -0.384. The predicted octanol–water partition coefficient (Wildman–Crippen LogP) is 3.34. The predicted molar refractivity (Wildman–Crippen MR) is 103 cm³/mol. The van der Waals surface area contributed by atoms with E-state index in [1.165, 1.54) is 17.0 Å². The van der Waals surface area contributed by atoms with Gasteiger partial charge < -0.3 is 9.64 Å². The van der Waals surface area contributed by atoms with Gasteiger partial charge in [0.2, 0.25) is 0 Å². The average molecular weight is 466 g/mol. The van der Waals surface area contributed by atoms with Gasteiger partial charge >= 0.3 is 5.97 Å². The lowest BCUT2D eigenvalue weighted by Crippen LogP contribution is -2.38. The molecule has 8 heteroatoms. The number of ether oxygens (including phenoxy) is 1. The molecule has 1 heterocycles. The van der Waals surface area contributed by atoms with Crippen LogP contribution in [0.3, 0.4) is 0 Å². The van der Waals surface area contributed by atoms with Gasteiger partial charge in [0.15, 0.2) is 6.61 Å². The van der Waals surface area contributed by atoms with E-state index < -0.39 is 10.9 Å². The number of nitrogens with zero attached hydrogens (tertiary/aromatic N) is 2. The van der Waals surface area contributed by atoms with Crippen molar-refractivity contribution < 1.29 is 19.2 Å². The molecule has 134 valence electrons. The number of nitro groups is 1. The number of carbonyl (C=O) groups excluding carboxylic acids is 2. The molecule has 0 aromatic heterocycles. The minimum absolute atomic E-state index is 0.00290. The van der Waals surface area contributed by atoms with Gasteiger partial charge in [-0.05, 0) is 59.2 Å². The number of aryl methyl sites for hydroxylation is 1. The number of carbonyl (C=O) groups is 2. The van der Waals surface area contributed by atoms with Gasteiger partial charge in [-0.25, -0.2) is 4.79 Å². The van der Waals surface area contributed by atoms with Gasteiger partial charge in [-0.15, -0.1) is 0 Å². The third-order valence-electron chi connectivity index (χ3n) is 4.11. The maximum absolute atomic E-state index is 12.5. The van der Waals surface area contributed by atoms with Crippen molar-refractivity contribution in [1.82, 2.24) is 0 Å². The van der Waals surface area contributed by atoms with Crippen LogP contribution in [0.1, 0.15) is 22.3 Å². The number of benzene rings is 2. The van der Waals surface area contributed by atoms with Crippen molar-refractivity contribution in [2.75, 3.05) is 18.1 Å². The number of rotatable bonds is 4. The molecule has 0 saturated carbocycles. The van der Waals surface area contributed by atoms with E-state index in [-0.39, 0.29) is 18.2 Å². The summed E-state index contributed by atoms with van der Waals surface area (Å²) in [5.41, 5.74) is 1.80. The fraction of sp³-hybridized carbons (Fsp3) is 0.222. The van der Waals surface area contributed by atoms with Crippen LogP contribution in [0, 0.1) is 13.7 Å². The second kappa shape index (κ2) is 7.81. The van der Waals surface area contributed by atoms with Crippen LogP contribution >= 0.6 is 22.6 Å². The number of esters is 1. The molecule has 3 rings (SSSR count). The zero-order valence-corrected chi connectivity index (χ0v) is 15.8. The van der Waals surface area contributed by atoms with Crippen molar-refractivity contribution in [3.8, 4) is 0 Å². The van der Waals surface area contributed by atoms with Crippen LogP contribution in [-0.4, -0.2) is 30.0 Å². The summed E-state index contributed by atoms with van der Waals surface area (Å²) in [6.45, 7) is 0.115. The average Bonchev–Trinajstić information content (AvgIpc) is 2.65. The molecule has 2 aromatic rings. The topological polar surface area (TPSA) is 89.8 Å². The summed E-state index contributed by atoms with van der Waals surface area (Å²) in [7, 11) is 0. The Hall–Kier alpha value is -2.49. The molecule has 0 fully saturated rings. The Morgan fingerprint density at radius 1 is 1.23 bits per heavy atom. The number of amides is 1. The minimum Gasteiger partial charge on any atom is -0.452 e. The van der Waals surface area contributed by atoms with Crippen LogP contribution in [0.5, 0.6) is 0 Å². The van der Waals surface area contributed by atoms with Crippen LogP contribution in [0.4, 0.5) is 11.4 Å². The summed E-state index contributed by atoms with van der Waals surface area (Å²) in [4.78, 5) is 36.6. The zero-order valence-electron chi connectivity index (χ0n) is 13.7. The van der Waals surface area contributed by atoms with Crippen molar-refractivity contribution in [2.24, 2.45) is 0 Å². The van der Waals surface area contributed by atoms with E-state index in [1.807, 2.05) is 28.7 Å². The molecule has 0 aliphatic carbocycles. The number of fused-ring (bicyclic) bond motifs is 1. The largest absolute Gasteiger partial charge is 0.452 e. The smallest absolute Gasteiger partial charge is 0.339 e. The highest BCUT2D eigenvalue weighted by atomic mass is 127. The Bertz CT molecular complexity index is 884. The first kappa shape index (κ1) is 18.3. The summed E-state index contributed by atoms with van der Waals surface area (Å²) in [5, 5.41) is 10.9. The molecule has 0 atom stereocenters. The first-order valence-corrected chi connectivity index (χ1v) is 9.04. The molecule has 1 amide bonds. The summed E-state index contributed by atoms with van der Waals surface area (Å²) in [6.07, 6.45) is 1.37. The molecule has 1 aliphatic rings. The molecule has 26 heavy (non-hydrogen) atoms. The van der Waals surface area contributed by atoms with E-state index in [0.717, 1.165) is 9.13 Å². The Morgan fingerprint density at radius 2 is 2.00 bits per heavy atom. The van der Waals surface area contributed by atoms with Gasteiger partial charge in [0.1, 0.15) is 0 Å². The molecule has 0 radical (unpaired) electrons. The van der Waals surface area contributed by atoms with Crippen molar-refractivity contribution >= 4 is 45.8 Å². The molecule has 7 nitrogen and oxygen atoms in total. The second-order valence-electron chi connectivity index (χ2n) is 5.78. The van der Waals surface area contributed by atoms with Gasteiger partial charge in [0.25, 0.3) is 11.6 Å². The zero-order chi connectivity index (χ0) is 18.7. The third kappa shape index (κ3) is 3.85. The normalized spacial score (nSPS) is 13.0. The van der Waals surface area contributed by atoms with Gasteiger partial charge in [-0.1, -0.05) is 12.1 Å². The van der Waals surface area contributed by atoms with E-state index in [2.05, 4.69) is 0 Å². The maximum atomic E-state index is 12.5. The third-order valence-corrected chi connectivity index (χ3v) is 5.05. The maximum Gasteiger partial charge on any atom is 0.339 e. The highest BCUT2D eigenvalue weighted by Crippen LogP contribution is 2.30. The second-order valence-corrected chi connectivity index (χ2v) is 6.94. The Morgan fingerprint density at radius 3 is 2.73 bits per heavy atom. The van der Waals surface area contributed by atoms with Crippen molar-refractivity contribution in [3.05, 3.63) is 67.3 Å². The standard InChI is InChI=1S/C18H15IN2O5/c19-15-6-2-1-5-14(15)18(23)26-11-17(22)20-9-3-4-12-10-13(21(24)25)7-8-16(12)20/h1-2,5-8,10H,3-4,9,11H2. The molecule has 0 unspecified atom stereocenters. The lowest BCUT2D eigenvalue weighted by atomic mass is 10.0. The summed E-state index contributed by atoms with van der Waals surface area (Å²) in [6, 6.07) is 11.4. The van der Waals surface area contributed by atoms with Crippen molar-refractivity contribution in [1.29, 1.82) is 0 Å². The van der Waals surface area contributed by atoms with Crippen LogP contribution in [0.2, 0.25) is 0 Å². The van der Waals surface area contributed by atoms with Crippen molar-refractivity contribution in [2.45, 2.75) is 12.8 Å². The number of hydrogen-bond donors (Lipinski definition) is 0. The quantitative estimate of drug-likeness (QED) is 0.299. The molecular weight excluding hydrogens is 451 g/mol. The molecule has 0 N–H and O–H groups in total. The molecule has 1 aliphatic heterocycles. The van der Waals surface area contributed by atoms with Crippen LogP contribution in [0.25, 0.3) is 0 Å². The van der Waals surface area contributed by atoms with Crippen LogP contribution in [-0.2, 0) is 16.0 Å². The van der Waals surface area contributed by atoms with Gasteiger partial charge in [-0.2, -0.15) is 0 Å². The molecular formula is C18H15IN2O5. The van der Waals surface area contributed by atoms with E-state index in [0.29, 0.717) is 30.6 Å². The number of nitro benzene ring substituents is 1. The molecule has 0 bridgehead atoms. The summed E-state index contributed by atoms with van der Waals surface area (Å²) in [5.74, 6) is -0.900. The number of non-ortho nitro benzene ring substituents is 1.